The lowest BCUT2D eigenvalue weighted by Crippen LogP contribution is -2.65. The molecule has 0 bridgehead atoms. The Morgan fingerprint density at radius 1 is 1.20 bits per heavy atom. The summed E-state index contributed by atoms with van der Waals surface area (Å²) in [6.45, 7) is 12.8. The van der Waals surface area contributed by atoms with Crippen LogP contribution in [0.5, 0.6) is 0 Å². The zero-order valence-corrected chi connectivity index (χ0v) is 16.6. The van der Waals surface area contributed by atoms with Crippen LogP contribution >= 0.6 is 0 Å². The third kappa shape index (κ3) is 2.87. The highest BCUT2D eigenvalue weighted by atomic mass is 16.5. The molecule has 3 nitrogen and oxygen atoms in total. The minimum Gasteiger partial charge on any atom is -0.465 e. The molecule has 0 radical (unpaired) electrons. The normalized spacial score (nSPS) is 49.6. The van der Waals surface area contributed by atoms with Gasteiger partial charge in [0.15, 0.2) is 0 Å². The quantitative estimate of drug-likeness (QED) is 0.584. The van der Waals surface area contributed by atoms with E-state index in [1.807, 2.05) is 0 Å². The highest BCUT2D eigenvalue weighted by Crippen LogP contribution is 2.66. The first-order chi connectivity index (χ1) is 11.6. The minimum absolute atomic E-state index is 0.188. The fourth-order valence-corrected chi connectivity index (χ4v) is 6.51. The smallest absolute Gasteiger partial charge is 0.302 e. The lowest BCUT2D eigenvalue weighted by atomic mass is 9.42. The van der Waals surface area contributed by atoms with E-state index in [4.69, 9.17) is 4.74 Å². The molecular formula is C22H36O3. The van der Waals surface area contributed by atoms with Crippen molar-refractivity contribution in [3.8, 4) is 0 Å². The second kappa shape index (κ2) is 6.11. The maximum absolute atomic E-state index is 11.9. The Hall–Kier alpha value is -0.830. The number of allylic oxidation sites excluding steroid dienone is 1. The Bertz CT molecular complexity index is 557. The van der Waals surface area contributed by atoms with E-state index < -0.39 is 5.60 Å². The van der Waals surface area contributed by atoms with Crippen molar-refractivity contribution in [2.45, 2.75) is 84.7 Å². The number of rotatable bonds is 3. The molecule has 0 saturated heterocycles. The molecule has 1 N–H and O–H groups in total. The molecule has 0 heterocycles. The van der Waals surface area contributed by atoms with Gasteiger partial charge in [-0.1, -0.05) is 33.3 Å². The highest BCUT2D eigenvalue weighted by molar-refractivity contribution is 5.65. The molecule has 25 heavy (non-hydrogen) atoms. The van der Waals surface area contributed by atoms with Crippen LogP contribution in [0.15, 0.2) is 12.7 Å². The zero-order valence-electron chi connectivity index (χ0n) is 16.6. The number of hydrogen-bond acceptors (Lipinski definition) is 3. The molecule has 3 fully saturated rings. The average Bonchev–Trinajstić information content (AvgIpc) is 2.56. The van der Waals surface area contributed by atoms with Gasteiger partial charge in [0.2, 0.25) is 0 Å². The number of fused-ring (bicyclic) bond motifs is 3. The molecule has 0 amide bonds. The van der Waals surface area contributed by atoms with Crippen molar-refractivity contribution in [1.29, 1.82) is 0 Å². The van der Waals surface area contributed by atoms with E-state index in [1.165, 1.54) is 13.3 Å². The molecule has 0 spiro atoms. The van der Waals surface area contributed by atoms with Gasteiger partial charge in [0.05, 0.1) is 12.2 Å². The van der Waals surface area contributed by atoms with E-state index in [9.17, 15) is 9.90 Å². The maximum atomic E-state index is 11.9. The van der Waals surface area contributed by atoms with Gasteiger partial charge in [-0.05, 0) is 67.6 Å². The Labute approximate surface area is 153 Å². The van der Waals surface area contributed by atoms with Crippen LogP contribution in [-0.2, 0) is 9.53 Å². The summed E-state index contributed by atoms with van der Waals surface area (Å²) in [4.78, 5) is 11.4. The fourth-order valence-electron chi connectivity index (χ4n) is 6.51. The van der Waals surface area contributed by atoms with Gasteiger partial charge in [-0.2, -0.15) is 0 Å². The third-order valence-electron chi connectivity index (χ3n) is 8.48. The lowest BCUT2D eigenvalue weighted by Gasteiger charge is -2.65. The molecule has 6 atom stereocenters. The van der Waals surface area contributed by atoms with Crippen LogP contribution in [0.2, 0.25) is 0 Å². The van der Waals surface area contributed by atoms with Crippen LogP contribution in [0, 0.1) is 28.1 Å². The van der Waals surface area contributed by atoms with Crippen molar-refractivity contribution in [1.82, 2.24) is 0 Å². The van der Waals surface area contributed by atoms with Gasteiger partial charge in [0.25, 0.3) is 0 Å². The second-order valence-corrected chi connectivity index (χ2v) is 10.0. The van der Waals surface area contributed by atoms with Crippen molar-refractivity contribution >= 4 is 5.97 Å². The summed E-state index contributed by atoms with van der Waals surface area (Å²) in [6.07, 6.45) is 10.7. The first kappa shape index (κ1) is 18.9. The van der Waals surface area contributed by atoms with Gasteiger partial charge in [0.1, 0.15) is 0 Å². The van der Waals surface area contributed by atoms with Gasteiger partial charge < -0.3 is 9.84 Å². The summed E-state index contributed by atoms with van der Waals surface area (Å²) < 4.78 is 5.41. The van der Waals surface area contributed by atoms with E-state index in [2.05, 4.69) is 33.4 Å². The van der Waals surface area contributed by atoms with Gasteiger partial charge in [-0.3, -0.25) is 4.79 Å². The van der Waals surface area contributed by atoms with Crippen molar-refractivity contribution in [3.05, 3.63) is 12.7 Å². The summed E-state index contributed by atoms with van der Waals surface area (Å²) >= 11 is 0. The molecule has 3 aliphatic rings. The molecule has 3 rings (SSSR count). The monoisotopic (exact) mass is 348 g/mol. The summed E-state index contributed by atoms with van der Waals surface area (Å²) in [7, 11) is 0. The van der Waals surface area contributed by atoms with E-state index in [1.54, 1.807) is 0 Å². The average molecular weight is 349 g/mol. The van der Waals surface area contributed by atoms with Gasteiger partial charge in [-0.15, -0.1) is 6.58 Å². The van der Waals surface area contributed by atoms with E-state index in [0.29, 0.717) is 18.4 Å². The van der Waals surface area contributed by atoms with Crippen molar-refractivity contribution in [2.24, 2.45) is 28.1 Å². The van der Waals surface area contributed by atoms with Crippen LogP contribution in [0.1, 0.15) is 79.1 Å². The topological polar surface area (TPSA) is 46.5 Å². The Morgan fingerprint density at radius 3 is 2.56 bits per heavy atom. The first-order valence-corrected chi connectivity index (χ1v) is 10.1. The van der Waals surface area contributed by atoms with E-state index in [-0.39, 0.29) is 22.2 Å². The molecule has 3 aliphatic carbocycles. The predicted molar refractivity (Wildman–Crippen MR) is 100 cm³/mol. The summed E-state index contributed by atoms with van der Waals surface area (Å²) in [5.74, 6) is 0.722. The number of ether oxygens (including phenoxy) is 1. The van der Waals surface area contributed by atoms with E-state index in [0.717, 1.165) is 44.9 Å². The van der Waals surface area contributed by atoms with Gasteiger partial charge in [-0.25, -0.2) is 0 Å². The van der Waals surface area contributed by atoms with Crippen LogP contribution in [0.3, 0.4) is 0 Å². The molecule has 3 heteroatoms. The highest BCUT2D eigenvalue weighted by Gasteiger charge is 2.64. The minimum atomic E-state index is -0.714. The predicted octanol–water partition coefficient (Wildman–Crippen LogP) is 4.88. The molecule has 3 saturated carbocycles. The van der Waals surface area contributed by atoms with Gasteiger partial charge >= 0.3 is 5.97 Å². The standard InChI is InChI=1S/C22H36O3/c1-6-19(3)12-13-21(5)17(14-19)9-11-22(24)18(21)8-7-10-20(22,4)15-25-16(2)23/h6,17-18,24H,1,7-15H2,2-5H3. The number of carbonyl (C=O) groups is 1. The SMILES string of the molecule is C=CC1(C)CCC2(C)C(CCC3(O)C2CCCC3(C)COC(C)=O)C1. The Morgan fingerprint density at radius 2 is 1.92 bits per heavy atom. The van der Waals surface area contributed by atoms with Crippen molar-refractivity contribution < 1.29 is 14.6 Å². The Kier molecular flexibility index (Phi) is 4.63. The van der Waals surface area contributed by atoms with Crippen LogP contribution < -0.4 is 0 Å². The molecule has 0 aromatic rings. The van der Waals surface area contributed by atoms with Crippen LogP contribution in [0.25, 0.3) is 0 Å². The lowest BCUT2D eigenvalue weighted by molar-refractivity contribution is -0.240. The summed E-state index contributed by atoms with van der Waals surface area (Å²) in [5, 5.41) is 11.9. The number of esters is 1. The Balaban J connectivity index is 1.89. The maximum Gasteiger partial charge on any atom is 0.302 e. The second-order valence-electron chi connectivity index (χ2n) is 10.0. The summed E-state index contributed by atoms with van der Waals surface area (Å²) in [6, 6.07) is 0. The third-order valence-corrected chi connectivity index (χ3v) is 8.48. The molecule has 0 aromatic heterocycles. The molecular weight excluding hydrogens is 312 g/mol. The first-order valence-electron chi connectivity index (χ1n) is 10.1. The van der Waals surface area contributed by atoms with E-state index >= 15 is 0 Å². The van der Waals surface area contributed by atoms with Crippen LogP contribution in [-0.4, -0.2) is 23.3 Å². The molecule has 6 unspecified atom stereocenters. The largest absolute Gasteiger partial charge is 0.465 e. The van der Waals surface area contributed by atoms with Gasteiger partial charge in [0, 0.05) is 12.3 Å². The fraction of sp³-hybridized carbons (Fsp3) is 0.864. The molecule has 0 aliphatic heterocycles. The molecule has 0 aromatic carbocycles. The van der Waals surface area contributed by atoms with Crippen molar-refractivity contribution in [2.75, 3.05) is 6.61 Å². The summed E-state index contributed by atoms with van der Waals surface area (Å²) in [5.41, 5.74) is -0.606. The van der Waals surface area contributed by atoms with Crippen LogP contribution in [0.4, 0.5) is 0 Å². The number of aliphatic hydroxyl groups is 1. The zero-order chi connectivity index (χ0) is 18.5. The molecule has 142 valence electrons. The number of carbonyl (C=O) groups excluding carboxylic acids is 1. The van der Waals surface area contributed by atoms with Crippen molar-refractivity contribution in [3.63, 3.8) is 0 Å². The number of hydrogen-bond donors (Lipinski definition) is 1.